The zero-order valence-corrected chi connectivity index (χ0v) is 14.3. The zero-order valence-electron chi connectivity index (χ0n) is 14.3. The lowest BCUT2D eigenvalue weighted by Gasteiger charge is -2.14. The molecule has 2 aromatic carbocycles. The molecule has 0 radical (unpaired) electrons. The van der Waals surface area contributed by atoms with Gasteiger partial charge in [-0.05, 0) is 49.9 Å². The Morgan fingerprint density at radius 2 is 2.00 bits per heavy atom. The molecule has 1 aliphatic rings. The molecule has 1 fully saturated rings. The number of carbonyl (C=O) groups is 1. The Morgan fingerprint density at radius 1 is 1.23 bits per heavy atom. The molecule has 0 bridgehead atoms. The third-order valence-electron chi connectivity index (χ3n) is 4.49. The number of nitrogens with zero attached hydrogens (tertiary/aromatic N) is 1. The first-order chi connectivity index (χ1) is 12.5. The Labute approximate surface area is 151 Å². The van der Waals surface area contributed by atoms with E-state index in [1.165, 1.54) is 25.0 Å². The summed E-state index contributed by atoms with van der Waals surface area (Å²) in [5.41, 5.74) is 6.46. The minimum Gasteiger partial charge on any atom is -0.490 e. The van der Waals surface area contributed by atoms with Crippen LogP contribution in [0.5, 0.6) is 5.75 Å². The molecule has 0 spiro atoms. The molecule has 1 amide bonds. The van der Waals surface area contributed by atoms with Gasteiger partial charge < -0.3 is 15.8 Å². The third-order valence-corrected chi connectivity index (χ3v) is 4.49. The van der Waals surface area contributed by atoms with Gasteiger partial charge in [0, 0.05) is 35.5 Å². The number of rotatable bonds is 7. The van der Waals surface area contributed by atoms with E-state index in [2.05, 4.69) is 5.32 Å². The summed E-state index contributed by atoms with van der Waals surface area (Å²) in [6.45, 7) is 0.252. The molecule has 26 heavy (non-hydrogen) atoms. The van der Waals surface area contributed by atoms with Crippen molar-refractivity contribution in [1.29, 1.82) is 0 Å². The van der Waals surface area contributed by atoms with Gasteiger partial charge in [-0.1, -0.05) is 6.07 Å². The molecule has 7 nitrogen and oxygen atoms in total. The molecule has 3 N–H and O–H groups in total. The van der Waals surface area contributed by atoms with Gasteiger partial charge in [-0.3, -0.25) is 14.9 Å². The lowest BCUT2D eigenvalue weighted by molar-refractivity contribution is -0.385. The highest BCUT2D eigenvalue weighted by atomic mass is 16.6. The molecule has 0 aliphatic heterocycles. The number of nitrogens with one attached hydrogen (secondary N) is 1. The molecule has 2 aromatic rings. The van der Waals surface area contributed by atoms with Gasteiger partial charge in [-0.15, -0.1) is 0 Å². The summed E-state index contributed by atoms with van der Waals surface area (Å²) in [7, 11) is 0. The monoisotopic (exact) mass is 355 g/mol. The summed E-state index contributed by atoms with van der Waals surface area (Å²) in [6, 6.07) is 11.8. The normalized spacial score (nSPS) is 14.2. The van der Waals surface area contributed by atoms with Crippen LogP contribution in [-0.2, 0) is 6.54 Å². The van der Waals surface area contributed by atoms with Crippen LogP contribution in [0.25, 0.3) is 0 Å². The zero-order chi connectivity index (χ0) is 18.5. The van der Waals surface area contributed by atoms with Crippen LogP contribution in [0.4, 0.5) is 11.4 Å². The lowest BCUT2D eigenvalue weighted by Crippen LogP contribution is -2.12. The number of benzene rings is 2. The summed E-state index contributed by atoms with van der Waals surface area (Å²) in [4.78, 5) is 22.0. The van der Waals surface area contributed by atoms with E-state index in [0.717, 1.165) is 24.3 Å². The number of amides is 1. The van der Waals surface area contributed by atoms with E-state index in [1.54, 1.807) is 6.07 Å². The van der Waals surface area contributed by atoms with Crippen LogP contribution < -0.4 is 15.8 Å². The highest BCUT2D eigenvalue weighted by Crippen LogP contribution is 2.27. The number of nitrogens with two attached hydrogens (primary N) is 1. The predicted molar refractivity (Wildman–Crippen MR) is 98.3 cm³/mol. The van der Waals surface area contributed by atoms with E-state index >= 15 is 0 Å². The van der Waals surface area contributed by atoms with Crippen LogP contribution in [0.1, 0.15) is 41.6 Å². The molecule has 0 atom stereocenters. The molecule has 0 heterocycles. The Hall–Kier alpha value is -3.09. The van der Waals surface area contributed by atoms with Crippen LogP contribution in [-0.4, -0.2) is 16.9 Å². The average Bonchev–Trinajstić information content (AvgIpc) is 3.13. The Bertz CT molecular complexity index is 816. The van der Waals surface area contributed by atoms with Crippen molar-refractivity contribution in [3.63, 3.8) is 0 Å². The highest BCUT2D eigenvalue weighted by molar-refractivity contribution is 5.93. The molecule has 0 unspecified atom stereocenters. The van der Waals surface area contributed by atoms with E-state index in [4.69, 9.17) is 10.5 Å². The van der Waals surface area contributed by atoms with Crippen molar-refractivity contribution < 1.29 is 14.5 Å². The van der Waals surface area contributed by atoms with E-state index in [0.29, 0.717) is 5.56 Å². The molecular formula is C19H21N3O4. The average molecular weight is 355 g/mol. The molecule has 0 saturated heterocycles. The second kappa shape index (κ2) is 7.86. The first-order valence-corrected chi connectivity index (χ1v) is 8.60. The Morgan fingerprint density at radius 3 is 2.69 bits per heavy atom. The summed E-state index contributed by atoms with van der Waals surface area (Å²) in [6.07, 6.45) is 4.83. The number of primary amides is 1. The van der Waals surface area contributed by atoms with Gasteiger partial charge in [0.1, 0.15) is 5.75 Å². The molecule has 0 aromatic heterocycles. The maximum Gasteiger partial charge on any atom is 0.275 e. The first-order valence-electron chi connectivity index (χ1n) is 8.60. The second-order valence-electron chi connectivity index (χ2n) is 6.37. The van der Waals surface area contributed by atoms with Gasteiger partial charge in [0.05, 0.1) is 11.0 Å². The van der Waals surface area contributed by atoms with Gasteiger partial charge in [0.15, 0.2) is 0 Å². The number of carbonyl (C=O) groups excluding carboxylic acids is 1. The number of anilines is 1. The third kappa shape index (κ3) is 4.30. The summed E-state index contributed by atoms with van der Waals surface area (Å²) >= 11 is 0. The summed E-state index contributed by atoms with van der Waals surface area (Å²) < 4.78 is 5.97. The van der Waals surface area contributed by atoms with Gasteiger partial charge >= 0.3 is 0 Å². The van der Waals surface area contributed by atoms with Crippen LogP contribution in [0.15, 0.2) is 42.5 Å². The van der Waals surface area contributed by atoms with Gasteiger partial charge in [-0.2, -0.15) is 0 Å². The molecular weight excluding hydrogens is 334 g/mol. The molecule has 7 heteroatoms. The van der Waals surface area contributed by atoms with E-state index in [-0.39, 0.29) is 23.9 Å². The number of hydrogen-bond acceptors (Lipinski definition) is 5. The smallest absolute Gasteiger partial charge is 0.275 e. The minimum atomic E-state index is -0.690. The topological polar surface area (TPSA) is 107 Å². The Balaban J connectivity index is 1.70. The van der Waals surface area contributed by atoms with Crippen molar-refractivity contribution in [2.24, 2.45) is 5.73 Å². The van der Waals surface area contributed by atoms with Crippen molar-refractivity contribution in [3.05, 3.63) is 63.7 Å². The first kappa shape index (κ1) is 17.7. The fourth-order valence-corrected chi connectivity index (χ4v) is 3.11. The largest absolute Gasteiger partial charge is 0.490 e. The second-order valence-corrected chi connectivity index (χ2v) is 6.37. The fourth-order valence-electron chi connectivity index (χ4n) is 3.11. The SMILES string of the molecule is NC(=O)c1ccc(CNc2cccc(OC3CCCC3)c2)c([N+](=O)[O-])c1. The van der Waals surface area contributed by atoms with Crippen molar-refractivity contribution in [3.8, 4) is 5.75 Å². The van der Waals surface area contributed by atoms with E-state index in [1.807, 2.05) is 24.3 Å². The van der Waals surface area contributed by atoms with Gasteiger partial charge in [0.25, 0.3) is 5.69 Å². The van der Waals surface area contributed by atoms with Crippen molar-refractivity contribution in [1.82, 2.24) is 0 Å². The molecule has 1 saturated carbocycles. The van der Waals surface area contributed by atoms with Crippen LogP contribution >= 0.6 is 0 Å². The summed E-state index contributed by atoms with van der Waals surface area (Å²) in [5.74, 6) is 0.102. The number of hydrogen-bond donors (Lipinski definition) is 2. The maximum absolute atomic E-state index is 11.3. The minimum absolute atomic E-state index is 0.118. The van der Waals surface area contributed by atoms with Crippen LogP contribution in [0.2, 0.25) is 0 Å². The summed E-state index contributed by atoms with van der Waals surface area (Å²) in [5, 5.41) is 14.4. The molecule has 1 aliphatic carbocycles. The molecule has 136 valence electrons. The van der Waals surface area contributed by atoms with Crippen molar-refractivity contribution in [2.75, 3.05) is 5.32 Å². The van der Waals surface area contributed by atoms with Crippen LogP contribution in [0, 0.1) is 10.1 Å². The fraction of sp³-hybridized carbons (Fsp3) is 0.316. The maximum atomic E-state index is 11.3. The highest BCUT2D eigenvalue weighted by Gasteiger charge is 2.18. The van der Waals surface area contributed by atoms with Crippen molar-refractivity contribution >= 4 is 17.3 Å². The quantitative estimate of drug-likeness (QED) is 0.582. The van der Waals surface area contributed by atoms with Crippen LogP contribution in [0.3, 0.4) is 0 Å². The number of nitro groups is 1. The van der Waals surface area contributed by atoms with Gasteiger partial charge in [-0.25, -0.2) is 0 Å². The van der Waals surface area contributed by atoms with E-state index < -0.39 is 10.8 Å². The van der Waals surface area contributed by atoms with E-state index in [9.17, 15) is 14.9 Å². The van der Waals surface area contributed by atoms with Gasteiger partial charge in [0.2, 0.25) is 5.91 Å². The molecule has 3 rings (SSSR count). The number of nitro benzene ring substituents is 1. The number of ether oxygens (including phenoxy) is 1. The lowest BCUT2D eigenvalue weighted by atomic mass is 10.1. The predicted octanol–water partition coefficient (Wildman–Crippen LogP) is 3.63. The van der Waals surface area contributed by atoms with Crippen molar-refractivity contribution in [2.45, 2.75) is 38.3 Å². The standard InChI is InChI=1S/C19H21N3O4/c20-19(23)13-8-9-14(18(10-13)22(24)25)12-21-15-4-3-7-17(11-15)26-16-5-1-2-6-16/h3-4,7-11,16,21H,1-2,5-6,12H2,(H2,20,23). The Kier molecular flexibility index (Phi) is 5.36.